The van der Waals surface area contributed by atoms with Gasteiger partial charge in [-0.2, -0.15) is 0 Å². The third kappa shape index (κ3) is 2.03. The van der Waals surface area contributed by atoms with Crippen molar-refractivity contribution in [1.29, 1.82) is 0 Å². The number of methoxy groups -OCH3 is 2. The normalized spacial score (nSPS) is 22.9. The Labute approximate surface area is 133 Å². The number of nitrogens with zero attached hydrogens (tertiary/aromatic N) is 2. The molecule has 3 rings (SSSR count). The van der Waals surface area contributed by atoms with E-state index in [0.717, 1.165) is 0 Å². The van der Waals surface area contributed by atoms with Crippen LogP contribution in [0.3, 0.4) is 0 Å². The van der Waals surface area contributed by atoms with Crippen LogP contribution in [0.25, 0.3) is 0 Å². The van der Waals surface area contributed by atoms with Crippen LogP contribution < -0.4 is 4.90 Å². The minimum Gasteiger partial charge on any atom is -0.466 e. The molecule has 2 aliphatic rings. The lowest BCUT2D eigenvalue weighted by atomic mass is 9.96. The summed E-state index contributed by atoms with van der Waals surface area (Å²) in [6, 6.07) is 6.81. The van der Waals surface area contributed by atoms with E-state index in [9.17, 15) is 14.4 Å². The van der Waals surface area contributed by atoms with Crippen molar-refractivity contribution in [2.75, 3.05) is 32.3 Å². The molecule has 0 spiro atoms. The maximum Gasteiger partial charge on any atom is 0.353 e. The fourth-order valence-corrected chi connectivity index (χ4v) is 3.40. The van der Waals surface area contributed by atoms with Crippen LogP contribution >= 0.6 is 0 Å². The van der Waals surface area contributed by atoms with Crippen LogP contribution in [-0.2, 0) is 19.1 Å². The number of hydrogen-bond donors (Lipinski definition) is 0. The van der Waals surface area contributed by atoms with Gasteiger partial charge in [-0.05, 0) is 12.1 Å². The van der Waals surface area contributed by atoms with Crippen LogP contribution in [0.1, 0.15) is 23.2 Å². The number of esters is 1. The summed E-state index contributed by atoms with van der Waals surface area (Å²) in [5.74, 6) is -1.10. The molecule has 1 saturated heterocycles. The molecule has 2 aliphatic heterocycles. The minimum atomic E-state index is -1.42. The van der Waals surface area contributed by atoms with Crippen LogP contribution in [0.2, 0.25) is 0 Å². The Kier molecular flexibility index (Phi) is 3.81. The molecule has 1 fully saturated rings. The average molecular weight is 318 g/mol. The number of rotatable bonds is 4. The number of amides is 2. The highest BCUT2D eigenvalue weighted by Crippen LogP contribution is 2.44. The van der Waals surface area contributed by atoms with Crippen molar-refractivity contribution in [2.24, 2.45) is 0 Å². The van der Waals surface area contributed by atoms with Gasteiger partial charge in [0.15, 0.2) is 0 Å². The minimum absolute atomic E-state index is 0.181. The third-order valence-corrected chi connectivity index (χ3v) is 4.41. The predicted molar refractivity (Wildman–Crippen MR) is 80.8 cm³/mol. The Morgan fingerprint density at radius 1 is 1.26 bits per heavy atom. The lowest BCUT2D eigenvalue weighted by molar-refractivity contribution is -0.154. The summed E-state index contributed by atoms with van der Waals surface area (Å²) >= 11 is 0. The highest BCUT2D eigenvalue weighted by atomic mass is 16.5. The Morgan fingerprint density at radius 2 is 2.00 bits per heavy atom. The fourth-order valence-electron chi connectivity index (χ4n) is 3.40. The van der Waals surface area contributed by atoms with Crippen LogP contribution in [0.4, 0.5) is 5.69 Å². The highest BCUT2D eigenvalue weighted by molar-refractivity contribution is 6.15. The van der Waals surface area contributed by atoms with Crippen LogP contribution in [-0.4, -0.2) is 55.7 Å². The van der Waals surface area contributed by atoms with Crippen molar-refractivity contribution < 1.29 is 23.9 Å². The van der Waals surface area contributed by atoms with Crippen LogP contribution in [0.15, 0.2) is 24.3 Å². The van der Waals surface area contributed by atoms with Gasteiger partial charge in [-0.3, -0.25) is 14.5 Å². The smallest absolute Gasteiger partial charge is 0.353 e. The quantitative estimate of drug-likeness (QED) is 0.767. The average Bonchev–Trinajstić information content (AvgIpc) is 2.92. The summed E-state index contributed by atoms with van der Waals surface area (Å²) in [5, 5.41) is 0. The number of benzene rings is 1. The number of hydrogen-bond acceptors (Lipinski definition) is 5. The van der Waals surface area contributed by atoms with Gasteiger partial charge in [-0.15, -0.1) is 0 Å². The first kappa shape index (κ1) is 15.5. The van der Waals surface area contributed by atoms with Gasteiger partial charge in [-0.25, -0.2) is 4.79 Å². The second kappa shape index (κ2) is 5.66. The Balaban J connectivity index is 2.21. The van der Waals surface area contributed by atoms with Gasteiger partial charge >= 0.3 is 5.97 Å². The van der Waals surface area contributed by atoms with E-state index in [0.29, 0.717) is 11.3 Å². The monoisotopic (exact) mass is 318 g/mol. The molecule has 23 heavy (non-hydrogen) atoms. The first-order valence-corrected chi connectivity index (χ1v) is 7.39. The Bertz CT molecular complexity index is 674. The summed E-state index contributed by atoms with van der Waals surface area (Å²) in [6.07, 6.45) is 0.391. The molecule has 2 heterocycles. The van der Waals surface area contributed by atoms with Crippen molar-refractivity contribution in [3.8, 4) is 0 Å². The number of anilines is 1. The first-order chi connectivity index (χ1) is 11.1. The maximum absolute atomic E-state index is 12.9. The van der Waals surface area contributed by atoms with E-state index in [-0.39, 0.29) is 37.8 Å². The van der Waals surface area contributed by atoms with E-state index in [1.807, 2.05) is 0 Å². The first-order valence-electron chi connectivity index (χ1n) is 7.39. The summed E-state index contributed by atoms with van der Waals surface area (Å²) in [6.45, 7) is 0.456. The topological polar surface area (TPSA) is 76.2 Å². The van der Waals surface area contributed by atoms with Crippen molar-refractivity contribution >= 4 is 23.5 Å². The van der Waals surface area contributed by atoms with Crippen molar-refractivity contribution in [3.63, 3.8) is 0 Å². The molecule has 0 N–H and O–H groups in total. The van der Waals surface area contributed by atoms with Gasteiger partial charge in [0, 0.05) is 26.5 Å². The maximum atomic E-state index is 12.9. The lowest BCUT2D eigenvalue weighted by Gasteiger charge is -2.48. The molecule has 0 radical (unpaired) electrons. The molecule has 0 bridgehead atoms. The van der Waals surface area contributed by atoms with Gasteiger partial charge < -0.3 is 14.4 Å². The van der Waals surface area contributed by atoms with Gasteiger partial charge in [0.2, 0.25) is 11.6 Å². The van der Waals surface area contributed by atoms with Crippen molar-refractivity contribution in [3.05, 3.63) is 29.8 Å². The van der Waals surface area contributed by atoms with E-state index < -0.39 is 11.6 Å². The van der Waals surface area contributed by atoms with Gasteiger partial charge in [-0.1, -0.05) is 12.1 Å². The second-order valence-corrected chi connectivity index (χ2v) is 5.50. The molecule has 1 atom stereocenters. The number of para-hydroxylation sites is 1. The fraction of sp³-hybridized carbons (Fsp3) is 0.438. The number of fused-ring (bicyclic) bond motifs is 3. The van der Waals surface area contributed by atoms with E-state index in [4.69, 9.17) is 9.47 Å². The summed E-state index contributed by atoms with van der Waals surface area (Å²) in [5.41, 5.74) is -0.562. The second-order valence-electron chi connectivity index (χ2n) is 5.50. The zero-order valence-electron chi connectivity index (χ0n) is 13.1. The van der Waals surface area contributed by atoms with Gasteiger partial charge in [0.1, 0.15) is 0 Å². The zero-order valence-corrected chi connectivity index (χ0v) is 13.1. The number of ether oxygens (including phenoxy) is 2. The lowest BCUT2D eigenvalue weighted by Crippen LogP contribution is -2.68. The standard InChI is InChI=1S/C16H18N2O5/c1-22-10-9-17-14(20)11-5-3-4-6-12(11)18-13(19)7-8-16(17,18)15(21)23-2/h3-6H,7-10H2,1-2H3/t16-/m0/s1. The molecule has 7 heteroatoms. The molecule has 0 saturated carbocycles. The number of carbonyl (C=O) groups excluding carboxylic acids is 3. The molecular formula is C16H18N2O5. The van der Waals surface area contributed by atoms with Gasteiger partial charge in [0.25, 0.3) is 5.91 Å². The van der Waals surface area contributed by atoms with Gasteiger partial charge in [0.05, 0.1) is 25.0 Å². The molecule has 0 aliphatic carbocycles. The molecule has 1 aromatic rings. The zero-order chi connectivity index (χ0) is 16.6. The van der Waals surface area contributed by atoms with Crippen LogP contribution in [0, 0.1) is 0 Å². The van der Waals surface area contributed by atoms with Crippen LogP contribution in [0.5, 0.6) is 0 Å². The van der Waals surface area contributed by atoms with E-state index in [2.05, 4.69) is 0 Å². The van der Waals surface area contributed by atoms with E-state index in [1.54, 1.807) is 24.3 Å². The summed E-state index contributed by atoms with van der Waals surface area (Å²) in [7, 11) is 2.78. The predicted octanol–water partition coefficient (Wildman–Crippen LogP) is 0.785. The molecule has 0 aromatic heterocycles. The molecular weight excluding hydrogens is 300 g/mol. The SMILES string of the molecule is COCCN1C(=O)c2ccccc2N2C(=O)CC[C@]12C(=O)OC. The molecule has 1 aromatic carbocycles. The third-order valence-electron chi connectivity index (χ3n) is 4.41. The van der Waals surface area contributed by atoms with E-state index in [1.165, 1.54) is 24.0 Å². The summed E-state index contributed by atoms with van der Waals surface area (Å²) in [4.78, 5) is 40.8. The van der Waals surface area contributed by atoms with E-state index >= 15 is 0 Å². The largest absolute Gasteiger partial charge is 0.466 e. The van der Waals surface area contributed by atoms with Crippen molar-refractivity contribution in [2.45, 2.75) is 18.5 Å². The molecule has 7 nitrogen and oxygen atoms in total. The Hall–Kier alpha value is -2.41. The highest BCUT2D eigenvalue weighted by Gasteiger charge is 2.61. The molecule has 0 unspecified atom stereocenters. The molecule has 2 amide bonds. The summed E-state index contributed by atoms with van der Waals surface area (Å²) < 4.78 is 10.0. The Morgan fingerprint density at radius 3 is 2.70 bits per heavy atom. The number of carbonyl (C=O) groups is 3. The molecule has 122 valence electrons. The van der Waals surface area contributed by atoms with Crippen molar-refractivity contribution in [1.82, 2.24) is 4.90 Å².